The minimum atomic E-state index is -0.443. The lowest BCUT2D eigenvalue weighted by Gasteiger charge is -2.00. The molecule has 0 saturated heterocycles. The number of ether oxygens (including phenoxy) is 1. The van der Waals surface area contributed by atoms with Crippen LogP contribution in [0.3, 0.4) is 0 Å². The third-order valence-electron chi connectivity index (χ3n) is 1.61. The molecule has 0 atom stereocenters. The molecule has 0 N–H and O–H groups in total. The Bertz CT molecular complexity index is 309. The van der Waals surface area contributed by atoms with Gasteiger partial charge in [-0.2, -0.15) is 0 Å². The van der Waals surface area contributed by atoms with Crippen LogP contribution in [0.1, 0.15) is 20.7 Å². The highest BCUT2D eigenvalue weighted by Gasteiger charge is 2.08. The number of methoxy groups -OCH3 is 1. The Morgan fingerprint density at radius 1 is 1.07 bits per heavy atom. The average Bonchev–Trinajstić information content (AvgIpc) is 2.27. The topological polar surface area (TPSA) is 52.6 Å². The summed E-state index contributed by atoms with van der Waals surface area (Å²) in [6, 6.07) is 6.03. The number of hydrogen-bond acceptors (Lipinski definition) is 4. The summed E-state index contributed by atoms with van der Waals surface area (Å²) < 4.78 is 8.98. The normalized spacial score (nSPS) is 9.29. The van der Waals surface area contributed by atoms with Gasteiger partial charge in [-0.25, -0.2) is 9.59 Å². The van der Waals surface area contributed by atoms with E-state index in [2.05, 4.69) is 7.80 Å². The van der Waals surface area contributed by atoms with Gasteiger partial charge in [-0.15, -0.1) is 0 Å². The van der Waals surface area contributed by atoms with E-state index in [4.69, 9.17) is 0 Å². The van der Waals surface area contributed by atoms with E-state index in [0.29, 0.717) is 11.1 Å². The van der Waals surface area contributed by atoms with Gasteiger partial charge in [0.2, 0.25) is 0 Å². The number of rotatable bonds is 2. The van der Waals surface area contributed by atoms with Crippen molar-refractivity contribution in [1.82, 2.24) is 0 Å². The number of hydrogen-bond donors (Lipinski definition) is 0. The Morgan fingerprint density at radius 2 is 1.50 bits per heavy atom. The van der Waals surface area contributed by atoms with Crippen molar-refractivity contribution in [2.24, 2.45) is 0 Å². The molecule has 0 bridgehead atoms. The number of benzene rings is 1. The molecule has 0 fully saturated rings. The van der Waals surface area contributed by atoms with E-state index in [-0.39, 0.29) is 0 Å². The van der Waals surface area contributed by atoms with Gasteiger partial charge < -0.3 is 7.80 Å². The zero-order valence-electron chi connectivity index (χ0n) is 7.32. The van der Waals surface area contributed by atoms with E-state index in [1.807, 2.05) is 0 Å². The van der Waals surface area contributed by atoms with Gasteiger partial charge in [0, 0.05) is 0 Å². The van der Waals surface area contributed by atoms with Crippen molar-refractivity contribution in [3.63, 3.8) is 0 Å². The summed E-state index contributed by atoms with van der Waals surface area (Å²) in [5, 5.41) is 0. The molecule has 74 valence electrons. The van der Waals surface area contributed by atoms with E-state index >= 15 is 0 Å². The largest absolute Gasteiger partial charge is 0.465 e. The first-order valence-electron chi connectivity index (χ1n) is 3.70. The van der Waals surface area contributed by atoms with Crippen molar-refractivity contribution >= 4 is 34.9 Å². The molecular formula is C9H7IO4. The Hall–Kier alpha value is -1.11. The second-order valence-corrected chi connectivity index (χ2v) is 2.87. The zero-order valence-corrected chi connectivity index (χ0v) is 9.48. The Labute approximate surface area is 94.9 Å². The third kappa shape index (κ3) is 2.44. The molecule has 4 nitrogen and oxygen atoms in total. The molecule has 1 aromatic rings. The molecule has 0 unspecified atom stereocenters. The second-order valence-electron chi connectivity index (χ2n) is 2.43. The summed E-state index contributed by atoms with van der Waals surface area (Å²) >= 11 is 1.51. The molecule has 0 radical (unpaired) electrons. The van der Waals surface area contributed by atoms with Gasteiger partial charge in [0.15, 0.2) is 23.0 Å². The highest BCUT2D eigenvalue weighted by Crippen LogP contribution is 2.08. The van der Waals surface area contributed by atoms with Gasteiger partial charge in [-0.1, -0.05) is 0 Å². The lowest BCUT2D eigenvalue weighted by molar-refractivity contribution is 0.0600. The second kappa shape index (κ2) is 4.94. The minimum absolute atomic E-state index is 0.395. The number of esters is 1. The van der Waals surface area contributed by atoms with Crippen LogP contribution >= 0.6 is 23.0 Å². The van der Waals surface area contributed by atoms with Gasteiger partial charge in [0.25, 0.3) is 0 Å². The summed E-state index contributed by atoms with van der Waals surface area (Å²) in [5.41, 5.74) is 0.796. The van der Waals surface area contributed by atoms with Gasteiger partial charge in [-0.3, -0.25) is 0 Å². The highest BCUT2D eigenvalue weighted by atomic mass is 127. The summed E-state index contributed by atoms with van der Waals surface area (Å²) in [6.07, 6.45) is 0. The maximum absolute atomic E-state index is 11.0. The molecule has 0 aromatic heterocycles. The van der Waals surface area contributed by atoms with Crippen molar-refractivity contribution in [2.45, 2.75) is 0 Å². The number of carbonyl (C=O) groups is 2. The molecule has 1 aromatic carbocycles. The SMILES string of the molecule is COC(=O)c1ccc(C(=O)OI)cc1. The molecule has 0 aliphatic heterocycles. The van der Waals surface area contributed by atoms with Crippen LogP contribution in [0.15, 0.2) is 24.3 Å². The molecule has 1 rings (SSSR count). The Morgan fingerprint density at radius 3 is 1.86 bits per heavy atom. The first-order valence-corrected chi connectivity index (χ1v) is 4.58. The van der Waals surface area contributed by atoms with E-state index in [9.17, 15) is 9.59 Å². The summed E-state index contributed by atoms with van der Waals surface area (Å²) in [4.78, 5) is 22.0. The minimum Gasteiger partial charge on any atom is -0.465 e. The zero-order chi connectivity index (χ0) is 10.6. The Balaban J connectivity index is 2.89. The molecule has 5 heteroatoms. The molecule has 0 aliphatic rings. The third-order valence-corrected chi connectivity index (χ3v) is 2.01. The molecule has 0 aliphatic carbocycles. The van der Waals surface area contributed by atoms with Crippen LogP contribution in [0, 0.1) is 0 Å². The summed E-state index contributed by atoms with van der Waals surface area (Å²) in [6.45, 7) is 0. The molecule has 0 amide bonds. The fraction of sp³-hybridized carbons (Fsp3) is 0.111. The van der Waals surface area contributed by atoms with Gasteiger partial charge in [0.05, 0.1) is 18.2 Å². The van der Waals surface area contributed by atoms with Gasteiger partial charge in [0.1, 0.15) is 0 Å². The van der Waals surface area contributed by atoms with Crippen LogP contribution in [0.4, 0.5) is 0 Å². The lowest BCUT2D eigenvalue weighted by Crippen LogP contribution is -2.03. The highest BCUT2D eigenvalue weighted by molar-refractivity contribution is 14.1. The molecule has 0 spiro atoms. The van der Waals surface area contributed by atoms with Crippen molar-refractivity contribution in [2.75, 3.05) is 7.11 Å². The summed E-state index contributed by atoms with van der Waals surface area (Å²) in [7, 11) is 1.30. The standard InChI is InChI=1S/C9H7IO4/c1-13-8(11)6-2-4-7(5-3-6)9(12)14-10/h2-5H,1H3. The van der Waals surface area contributed by atoms with Crippen LogP contribution in [0.25, 0.3) is 0 Å². The van der Waals surface area contributed by atoms with E-state index in [1.165, 1.54) is 54.4 Å². The lowest BCUT2D eigenvalue weighted by atomic mass is 10.1. The molecular weight excluding hydrogens is 299 g/mol. The van der Waals surface area contributed by atoms with E-state index in [1.54, 1.807) is 0 Å². The van der Waals surface area contributed by atoms with Crippen molar-refractivity contribution in [1.29, 1.82) is 0 Å². The maximum Gasteiger partial charge on any atom is 0.347 e. The quantitative estimate of drug-likeness (QED) is 0.619. The van der Waals surface area contributed by atoms with Crippen molar-refractivity contribution < 1.29 is 17.4 Å². The van der Waals surface area contributed by atoms with E-state index in [0.717, 1.165) is 0 Å². The first kappa shape index (κ1) is 11.0. The van der Waals surface area contributed by atoms with Crippen LogP contribution in [-0.4, -0.2) is 19.0 Å². The summed E-state index contributed by atoms with van der Waals surface area (Å²) in [5.74, 6) is -0.874. The van der Waals surface area contributed by atoms with Crippen molar-refractivity contribution in [3.8, 4) is 0 Å². The van der Waals surface area contributed by atoms with Crippen LogP contribution in [0.2, 0.25) is 0 Å². The average molecular weight is 306 g/mol. The Kier molecular flexibility index (Phi) is 3.87. The van der Waals surface area contributed by atoms with Crippen LogP contribution in [0.5, 0.6) is 0 Å². The van der Waals surface area contributed by atoms with E-state index < -0.39 is 11.9 Å². The maximum atomic E-state index is 11.0. The first-order chi connectivity index (χ1) is 6.69. The van der Waals surface area contributed by atoms with Crippen LogP contribution < -0.4 is 0 Å². The predicted molar refractivity (Wildman–Crippen MR) is 57.2 cm³/mol. The fourth-order valence-corrected chi connectivity index (χ4v) is 1.16. The monoisotopic (exact) mass is 306 g/mol. The van der Waals surface area contributed by atoms with Crippen LogP contribution in [-0.2, 0) is 7.80 Å². The predicted octanol–water partition coefficient (Wildman–Crippen LogP) is 1.98. The molecule has 0 saturated carbocycles. The van der Waals surface area contributed by atoms with Gasteiger partial charge >= 0.3 is 11.9 Å². The van der Waals surface area contributed by atoms with Gasteiger partial charge in [-0.05, 0) is 24.3 Å². The number of halogens is 1. The molecule has 14 heavy (non-hydrogen) atoms. The fourth-order valence-electron chi connectivity index (χ4n) is 0.905. The molecule has 0 heterocycles. The number of carbonyl (C=O) groups excluding carboxylic acids is 2. The van der Waals surface area contributed by atoms with Crippen molar-refractivity contribution in [3.05, 3.63) is 35.4 Å². The smallest absolute Gasteiger partial charge is 0.347 e.